The van der Waals surface area contributed by atoms with E-state index in [0.717, 1.165) is 37.1 Å². The number of nitrogens with zero attached hydrogens (tertiary/aromatic N) is 1. The summed E-state index contributed by atoms with van der Waals surface area (Å²) < 4.78 is 5.96. The highest BCUT2D eigenvalue weighted by Gasteiger charge is 2.21. The Labute approximate surface area is 189 Å². The molecule has 1 aliphatic heterocycles. The lowest BCUT2D eigenvalue weighted by Crippen LogP contribution is -2.32. The molecule has 5 nitrogen and oxygen atoms in total. The molecule has 0 spiro atoms. The Morgan fingerprint density at radius 2 is 1.59 bits per heavy atom. The molecular formula is C27H28N2O3. The van der Waals surface area contributed by atoms with Gasteiger partial charge >= 0.3 is 0 Å². The first-order valence-electron chi connectivity index (χ1n) is 11.2. The maximum Gasteiger partial charge on any atom is 0.265 e. The van der Waals surface area contributed by atoms with E-state index in [9.17, 15) is 9.59 Å². The zero-order valence-corrected chi connectivity index (χ0v) is 18.3. The summed E-state index contributed by atoms with van der Waals surface area (Å²) >= 11 is 0. The molecule has 0 aliphatic carbocycles. The van der Waals surface area contributed by atoms with Crippen LogP contribution in [0.15, 0.2) is 78.9 Å². The second kappa shape index (κ2) is 10.1. The number of likely N-dealkylation sites (tertiary alicyclic amines) is 1. The van der Waals surface area contributed by atoms with Gasteiger partial charge in [0.15, 0.2) is 6.10 Å². The Kier molecular flexibility index (Phi) is 6.85. The number of carbonyl (C=O) groups excluding carboxylic acids is 2. The monoisotopic (exact) mass is 428 g/mol. The quantitative estimate of drug-likeness (QED) is 0.549. The molecule has 0 radical (unpaired) electrons. The van der Waals surface area contributed by atoms with Crippen molar-refractivity contribution in [3.05, 3.63) is 84.4 Å². The van der Waals surface area contributed by atoms with Crippen molar-refractivity contribution in [1.29, 1.82) is 0 Å². The fourth-order valence-electron chi connectivity index (χ4n) is 3.90. The van der Waals surface area contributed by atoms with Gasteiger partial charge < -0.3 is 15.0 Å². The van der Waals surface area contributed by atoms with Gasteiger partial charge in [0, 0.05) is 24.3 Å². The highest BCUT2D eigenvalue weighted by Crippen LogP contribution is 2.23. The summed E-state index contributed by atoms with van der Waals surface area (Å²) in [7, 11) is 0. The molecule has 1 unspecified atom stereocenters. The lowest BCUT2D eigenvalue weighted by atomic mass is 10.1. The Morgan fingerprint density at radius 1 is 0.906 bits per heavy atom. The predicted molar refractivity (Wildman–Crippen MR) is 127 cm³/mol. The van der Waals surface area contributed by atoms with Crippen LogP contribution in [0.2, 0.25) is 0 Å². The number of nitrogens with one attached hydrogen (secondary N) is 1. The molecule has 0 bridgehead atoms. The van der Waals surface area contributed by atoms with E-state index in [1.807, 2.05) is 54.3 Å². The van der Waals surface area contributed by atoms with Crippen molar-refractivity contribution >= 4 is 17.5 Å². The summed E-state index contributed by atoms with van der Waals surface area (Å²) in [5, 5.41) is 2.90. The van der Waals surface area contributed by atoms with Crippen LogP contribution in [0.4, 0.5) is 5.69 Å². The van der Waals surface area contributed by atoms with Crippen molar-refractivity contribution in [2.75, 3.05) is 18.4 Å². The van der Waals surface area contributed by atoms with Gasteiger partial charge in [0.05, 0.1) is 0 Å². The molecule has 5 heteroatoms. The first-order chi connectivity index (χ1) is 15.6. The van der Waals surface area contributed by atoms with Crippen LogP contribution in [0.25, 0.3) is 11.1 Å². The first-order valence-corrected chi connectivity index (χ1v) is 11.2. The van der Waals surface area contributed by atoms with Gasteiger partial charge in [-0.1, -0.05) is 55.5 Å². The molecule has 32 heavy (non-hydrogen) atoms. The van der Waals surface area contributed by atoms with Gasteiger partial charge in [-0.15, -0.1) is 0 Å². The number of amides is 2. The lowest BCUT2D eigenvalue weighted by molar-refractivity contribution is -0.122. The average Bonchev–Trinajstić information content (AvgIpc) is 3.38. The molecule has 1 N–H and O–H groups in total. The van der Waals surface area contributed by atoms with E-state index in [2.05, 4.69) is 17.4 Å². The minimum absolute atomic E-state index is 0.0143. The smallest absolute Gasteiger partial charge is 0.265 e. The SMILES string of the molecule is CCC(Oc1ccc(-c2ccccc2)cc1)C(=O)Nc1cccc(C(=O)N2CCCC2)c1. The summed E-state index contributed by atoms with van der Waals surface area (Å²) in [5.74, 6) is 0.426. The van der Waals surface area contributed by atoms with Crippen LogP contribution in [-0.4, -0.2) is 35.9 Å². The minimum Gasteiger partial charge on any atom is -0.481 e. The molecule has 3 aromatic carbocycles. The number of rotatable bonds is 7. The number of benzene rings is 3. The summed E-state index contributed by atoms with van der Waals surface area (Å²) in [5.41, 5.74) is 3.42. The van der Waals surface area contributed by atoms with Crippen LogP contribution in [-0.2, 0) is 4.79 Å². The topological polar surface area (TPSA) is 58.6 Å². The van der Waals surface area contributed by atoms with Crippen LogP contribution in [0.5, 0.6) is 5.75 Å². The Bertz CT molecular complexity index is 1060. The van der Waals surface area contributed by atoms with Gasteiger partial charge in [-0.05, 0) is 60.7 Å². The summed E-state index contributed by atoms with van der Waals surface area (Å²) in [6.45, 7) is 3.50. The molecule has 1 heterocycles. The molecule has 4 rings (SSSR count). The third-order valence-electron chi connectivity index (χ3n) is 5.67. The Morgan fingerprint density at radius 3 is 2.28 bits per heavy atom. The van der Waals surface area contributed by atoms with Crippen molar-refractivity contribution in [2.45, 2.75) is 32.3 Å². The molecule has 3 aromatic rings. The molecular weight excluding hydrogens is 400 g/mol. The van der Waals surface area contributed by atoms with Crippen LogP contribution >= 0.6 is 0 Å². The van der Waals surface area contributed by atoms with E-state index >= 15 is 0 Å². The third kappa shape index (κ3) is 5.17. The fourth-order valence-corrected chi connectivity index (χ4v) is 3.90. The Balaban J connectivity index is 1.40. The molecule has 164 valence electrons. The van der Waals surface area contributed by atoms with Crippen molar-refractivity contribution in [3.63, 3.8) is 0 Å². The maximum absolute atomic E-state index is 12.8. The minimum atomic E-state index is -0.629. The van der Waals surface area contributed by atoms with Crippen molar-refractivity contribution in [2.24, 2.45) is 0 Å². The molecule has 1 atom stereocenters. The van der Waals surface area contributed by atoms with E-state index < -0.39 is 6.10 Å². The van der Waals surface area contributed by atoms with Crippen molar-refractivity contribution in [1.82, 2.24) is 4.90 Å². The zero-order chi connectivity index (χ0) is 22.3. The van der Waals surface area contributed by atoms with Gasteiger partial charge in [-0.2, -0.15) is 0 Å². The predicted octanol–water partition coefficient (Wildman–Crippen LogP) is 5.39. The van der Waals surface area contributed by atoms with Crippen LogP contribution in [0, 0.1) is 0 Å². The molecule has 0 saturated carbocycles. The van der Waals surface area contributed by atoms with Crippen LogP contribution in [0.3, 0.4) is 0 Å². The van der Waals surface area contributed by atoms with Crippen molar-refractivity contribution < 1.29 is 14.3 Å². The van der Waals surface area contributed by atoms with Crippen molar-refractivity contribution in [3.8, 4) is 16.9 Å². The molecule has 1 aliphatic rings. The zero-order valence-electron chi connectivity index (χ0n) is 18.3. The van der Waals surface area contributed by atoms with E-state index in [0.29, 0.717) is 23.4 Å². The van der Waals surface area contributed by atoms with Gasteiger partial charge in [0.25, 0.3) is 11.8 Å². The Hall–Kier alpha value is -3.60. The highest BCUT2D eigenvalue weighted by atomic mass is 16.5. The molecule has 2 amide bonds. The summed E-state index contributed by atoms with van der Waals surface area (Å²) in [4.78, 5) is 27.3. The second-order valence-electron chi connectivity index (χ2n) is 7.97. The van der Waals surface area contributed by atoms with Crippen LogP contribution < -0.4 is 10.1 Å². The molecule has 1 saturated heterocycles. The van der Waals surface area contributed by atoms with E-state index in [1.165, 1.54) is 0 Å². The van der Waals surface area contributed by atoms with Gasteiger partial charge in [0.1, 0.15) is 5.75 Å². The first kappa shape index (κ1) is 21.6. The fraction of sp³-hybridized carbons (Fsp3) is 0.259. The summed E-state index contributed by atoms with van der Waals surface area (Å²) in [6, 6.07) is 25.0. The van der Waals surface area contributed by atoms with E-state index in [-0.39, 0.29) is 11.8 Å². The van der Waals surface area contributed by atoms with E-state index in [4.69, 9.17) is 4.74 Å². The number of ether oxygens (including phenoxy) is 1. The third-order valence-corrected chi connectivity index (χ3v) is 5.67. The molecule has 0 aromatic heterocycles. The maximum atomic E-state index is 12.8. The molecule has 1 fully saturated rings. The normalized spacial score (nSPS) is 14.1. The van der Waals surface area contributed by atoms with E-state index in [1.54, 1.807) is 24.3 Å². The highest BCUT2D eigenvalue weighted by molar-refractivity contribution is 5.98. The van der Waals surface area contributed by atoms with Gasteiger partial charge in [0.2, 0.25) is 0 Å². The van der Waals surface area contributed by atoms with Crippen LogP contribution in [0.1, 0.15) is 36.5 Å². The number of carbonyl (C=O) groups is 2. The largest absolute Gasteiger partial charge is 0.481 e. The lowest BCUT2D eigenvalue weighted by Gasteiger charge is -2.18. The second-order valence-corrected chi connectivity index (χ2v) is 7.97. The van der Waals surface area contributed by atoms with Gasteiger partial charge in [-0.25, -0.2) is 0 Å². The summed E-state index contributed by atoms with van der Waals surface area (Å²) in [6.07, 6.45) is 1.99. The number of hydrogen-bond acceptors (Lipinski definition) is 3. The van der Waals surface area contributed by atoms with Gasteiger partial charge in [-0.3, -0.25) is 9.59 Å². The number of anilines is 1. The average molecular weight is 429 g/mol. The number of hydrogen-bond donors (Lipinski definition) is 1. The standard InChI is InChI=1S/C27H28N2O3/c1-2-25(32-24-15-13-21(14-16-24)20-9-4-3-5-10-20)26(30)28-23-12-8-11-22(19-23)27(31)29-17-6-7-18-29/h3-5,8-16,19,25H,2,6-7,17-18H2,1H3,(H,28,30).